The van der Waals surface area contributed by atoms with Gasteiger partial charge in [0, 0.05) is 51.4 Å². The van der Waals surface area contributed by atoms with Crippen molar-refractivity contribution >= 4 is 44.9 Å². The second-order valence-corrected chi connectivity index (χ2v) is 11.1. The van der Waals surface area contributed by atoms with Crippen molar-refractivity contribution in [2.75, 3.05) is 49.9 Å². The molecule has 4 aromatic heterocycles. The summed E-state index contributed by atoms with van der Waals surface area (Å²) in [4.78, 5) is 38.3. The third kappa shape index (κ3) is 5.45. The molecule has 1 amide bonds. The van der Waals surface area contributed by atoms with E-state index in [1.165, 1.54) is 16.8 Å². The van der Waals surface area contributed by atoms with Gasteiger partial charge in [-0.2, -0.15) is 9.50 Å². The van der Waals surface area contributed by atoms with Crippen molar-refractivity contribution in [2.45, 2.75) is 26.0 Å². The van der Waals surface area contributed by atoms with E-state index in [2.05, 4.69) is 25.3 Å². The lowest BCUT2D eigenvalue weighted by molar-refractivity contribution is 0.0945. The number of aromatic nitrogens is 5. The molecule has 1 aliphatic heterocycles. The van der Waals surface area contributed by atoms with Crippen molar-refractivity contribution in [3.63, 3.8) is 0 Å². The van der Waals surface area contributed by atoms with Gasteiger partial charge in [0.2, 0.25) is 11.8 Å². The minimum Gasteiger partial charge on any atom is -0.461 e. The lowest BCUT2D eigenvalue weighted by Gasteiger charge is -2.36. The fourth-order valence-corrected chi connectivity index (χ4v) is 5.92. The Morgan fingerprint density at radius 1 is 1.19 bits per heavy atom. The number of anilines is 2. The topological polar surface area (TPSA) is 160 Å². The lowest BCUT2D eigenvalue weighted by atomic mass is 10.1. The summed E-state index contributed by atoms with van der Waals surface area (Å²) >= 11 is 1.05. The van der Waals surface area contributed by atoms with Crippen LogP contribution in [0.5, 0.6) is 0 Å². The minimum absolute atomic E-state index is 0.119. The van der Waals surface area contributed by atoms with Crippen LogP contribution in [0, 0.1) is 5.82 Å². The Balaban J connectivity index is 1.10. The number of thiazole rings is 1. The number of piperazine rings is 1. The first-order valence-corrected chi connectivity index (χ1v) is 14.4. The normalized spacial score (nSPS) is 15.1. The average Bonchev–Trinajstić information content (AvgIpc) is 3.71. The van der Waals surface area contributed by atoms with Crippen molar-refractivity contribution < 1.29 is 18.7 Å². The third-order valence-corrected chi connectivity index (χ3v) is 8.23. The first-order chi connectivity index (χ1) is 20.3. The van der Waals surface area contributed by atoms with E-state index in [4.69, 9.17) is 10.2 Å². The third-order valence-electron chi connectivity index (χ3n) is 7.27. The zero-order valence-electron chi connectivity index (χ0n) is 22.9. The number of nitrogen functional groups attached to an aromatic ring is 1. The Bertz CT molecular complexity index is 1790. The molecular weight excluding hydrogens is 565 g/mol. The molecule has 0 spiro atoms. The fraction of sp³-hybridized carbons (Fsp3) is 0.370. The maximum atomic E-state index is 14.9. The number of furan rings is 1. The minimum atomic E-state index is -0.517. The van der Waals surface area contributed by atoms with Gasteiger partial charge in [0.1, 0.15) is 10.5 Å². The first kappa shape index (κ1) is 27.8. The monoisotopic (exact) mass is 595 g/mol. The number of aliphatic hydroxyl groups excluding tert-OH is 1. The number of nitrogens with one attached hydrogen (secondary N) is 1. The van der Waals surface area contributed by atoms with Crippen LogP contribution in [0.4, 0.5) is 16.0 Å². The second-order valence-electron chi connectivity index (χ2n) is 10.2. The zero-order valence-corrected chi connectivity index (χ0v) is 23.7. The van der Waals surface area contributed by atoms with Gasteiger partial charge in [-0.25, -0.2) is 9.37 Å². The maximum absolute atomic E-state index is 14.9. The van der Waals surface area contributed by atoms with Crippen molar-refractivity contribution in [1.82, 2.24) is 34.4 Å². The zero-order chi connectivity index (χ0) is 29.4. The smallest absolute Gasteiger partial charge is 0.309 e. The van der Waals surface area contributed by atoms with Crippen molar-refractivity contribution in [1.29, 1.82) is 0 Å². The van der Waals surface area contributed by atoms with Crippen molar-refractivity contribution in [2.24, 2.45) is 0 Å². The van der Waals surface area contributed by atoms with Gasteiger partial charge in [-0.3, -0.25) is 19.1 Å². The Morgan fingerprint density at radius 2 is 2.00 bits per heavy atom. The van der Waals surface area contributed by atoms with Crippen LogP contribution < -0.4 is 20.8 Å². The van der Waals surface area contributed by atoms with Gasteiger partial charge in [0.15, 0.2) is 17.1 Å². The number of benzene rings is 1. The molecule has 1 aliphatic rings. The van der Waals surface area contributed by atoms with E-state index in [1.54, 1.807) is 35.8 Å². The highest BCUT2D eigenvalue weighted by molar-refractivity contribution is 7.17. The van der Waals surface area contributed by atoms with E-state index >= 15 is 0 Å². The standard InChI is InChI=1S/C27H30FN9O4S/c1-16(38)6-7-30-25(39)17-4-5-19(18(28)15-17)35-11-8-34(9-12-35)10-13-36-23-21(42-27(36)40)24-31-22(20-3-2-14-41-20)33-37(24)26(29)32-23/h2-5,14-16,38H,6-13H2,1H3,(H2,29,32)(H,30,39)/t16-/m1/s1. The van der Waals surface area contributed by atoms with Gasteiger partial charge in [-0.05, 0) is 43.7 Å². The molecule has 4 N–H and O–H groups in total. The molecule has 1 fully saturated rings. The molecule has 1 aromatic carbocycles. The summed E-state index contributed by atoms with van der Waals surface area (Å²) in [7, 11) is 0. The summed E-state index contributed by atoms with van der Waals surface area (Å²) in [6, 6.07) is 7.97. The number of nitrogens with zero attached hydrogens (tertiary/aromatic N) is 7. The number of rotatable bonds is 9. The number of amides is 1. The van der Waals surface area contributed by atoms with Crippen molar-refractivity contribution in [3.8, 4) is 11.6 Å². The number of hydrogen-bond acceptors (Lipinski definition) is 11. The van der Waals surface area contributed by atoms with E-state index in [0.717, 1.165) is 11.3 Å². The van der Waals surface area contributed by atoms with Gasteiger partial charge in [-0.15, -0.1) is 5.10 Å². The molecule has 0 saturated carbocycles. The van der Waals surface area contributed by atoms with Crippen LogP contribution in [0.25, 0.3) is 27.6 Å². The van der Waals surface area contributed by atoms with E-state index in [-0.39, 0.29) is 22.3 Å². The number of carbonyl (C=O) groups is 1. The predicted octanol–water partition coefficient (Wildman–Crippen LogP) is 1.80. The highest BCUT2D eigenvalue weighted by Gasteiger charge is 2.23. The molecule has 13 nitrogen and oxygen atoms in total. The number of nitrogens with two attached hydrogens (primary N) is 1. The number of fused-ring (bicyclic) bond motifs is 3. The summed E-state index contributed by atoms with van der Waals surface area (Å²) < 4.78 is 24.0. The molecule has 42 heavy (non-hydrogen) atoms. The molecule has 6 rings (SSSR count). The van der Waals surface area contributed by atoms with Crippen LogP contribution in [0.1, 0.15) is 23.7 Å². The molecule has 1 atom stereocenters. The number of aliphatic hydroxyl groups is 1. The van der Waals surface area contributed by atoms with Gasteiger partial charge < -0.3 is 25.5 Å². The Hall–Kier alpha value is -4.34. The van der Waals surface area contributed by atoms with Crippen molar-refractivity contribution in [3.05, 3.63) is 57.6 Å². The maximum Gasteiger partial charge on any atom is 0.309 e. The SMILES string of the molecule is C[C@@H](O)CCNC(=O)c1ccc(N2CCN(CCn3c(=O)sc4c3nc(N)n3nc(-c5ccco5)nc43)CC2)c(F)c1. The molecule has 5 aromatic rings. The highest BCUT2D eigenvalue weighted by atomic mass is 32.1. The van der Waals surface area contributed by atoms with Crippen LogP contribution in [0.15, 0.2) is 45.8 Å². The molecule has 0 unspecified atom stereocenters. The van der Waals surface area contributed by atoms with E-state index in [1.807, 2.05) is 4.90 Å². The Labute approximate surface area is 243 Å². The quantitative estimate of drug-likeness (QED) is 0.229. The number of hydrogen-bond donors (Lipinski definition) is 3. The Morgan fingerprint density at radius 3 is 2.71 bits per heavy atom. The lowest BCUT2D eigenvalue weighted by Crippen LogP contribution is -2.47. The van der Waals surface area contributed by atoms with Crippen LogP contribution in [0.2, 0.25) is 0 Å². The summed E-state index contributed by atoms with van der Waals surface area (Å²) in [5.74, 6) is 0.131. The molecule has 220 valence electrons. The number of carbonyl (C=O) groups excluding carboxylic acids is 1. The molecule has 0 aliphatic carbocycles. The van der Waals surface area contributed by atoms with Crippen LogP contribution in [-0.4, -0.2) is 85.4 Å². The van der Waals surface area contributed by atoms with Crippen LogP contribution in [0.3, 0.4) is 0 Å². The summed E-state index contributed by atoms with van der Waals surface area (Å²) in [5, 5.41) is 16.4. The van der Waals surface area contributed by atoms with Gasteiger partial charge in [0.05, 0.1) is 18.1 Å². The predicted molar refractivity (Wildman–Crippen MR) is 156 cm³/mol. The summed E-state index contributed by atoms with van der Waals surface area (Å²) in [6.45, 7) is 5.51. The van der Waals surface area contributed by atoms with Crippen LogP contribution >= 0.6 is 11.3 Å². The molecule has 1 saturated heterocycles. The number of halogens is 1. The van der Waals surface area contributed by atoms with E-state index in [0.29, 0.717) is 85.5 Å². The van der Waals surface area contributed by atoms with E-state index < -0.39 is 11.9 Å². The largest absolute Gasteiger partial charge is 0.461 e. The molecule has 5 heterocycles. The van der Waals surface area contributed by atoms with Gasteiger partial charge in [0.25, 0.3) is 5.91 Å². The molecule has 0 radical (unpaired) electrons. The van der Waals surface area contributed by atoms with Crippen LogP contribution in [-0.2, 0) is 6.54 Å². The second kappa shape index (κ2) is 11.5. The van der Waals surface area contributed by atoms with Gasteiger partial charge >= 0.3 is 4.87 Å². The summed E-state index contributed by atoms with van der Waals surface area (Å²) in [5.41, 5.74) is 7.77. The molecular formula is C27H30FN9O4S. The summed E-state index contributed by atoms with van der Waals surface area (Å²) in [6.07, 6.45) is 1.44. The van der Waals surface area contributed by atoms with Gasteiger partial charge in [-0.1, -0.05) is 11.3 Å². The fourth-order valence-electron chi connectivity index (χ4n) is 4.99. The Kier molecular flexibility index (Phi) is 7.62. The van der Waals surface area contributed by atoms with E-state index in [9.17, 15) is 19.1 Å². The molecule has 15 heteroatoms. The highest BCUT2D eigenvalue weighted by Crippen LogP contribution is 2.26. The molecule has 0 bridgehead atoms. The average molecular weight is 596 g/mol. The first-order valence-electron chi connectivity index (χ1n) is 13.6.